The Morgan fingerprint density at radius 1 is 0.604 bits per heavy atom. The van der Waals surface area contributed by atoms with Crippen LogP contribution in [0.25, 0.3) is 40.3 Å². The van der Waals surface area contributed by atoms with E-state index in [0.717, 1.165) is 25.2 Å². The largest absolute Gasteiger partial charge is 0.486 e. The molecule has 48 heavy (non-hydrogen) atoms. The Morgan fingerprint density at radius 3 is 1.69 bits per heavy atom. The van der Waals surface area contributed by atoms with Crippen molar-refractivity contribution in [3.05, 3.63) is 105 Å². The van der Waals surface area contributed by atoms with Crippen molar-refractivity contribution in [2.24, 2.45) is 0 Å². The molecule has 8 nitrogen and oxygen atoms in total. The van der Waals surface area contributed by atoms with Crippen LogP contribution in [0.5, 0.6) is 11.5 Å². The highest BCUT2D eigenvalue weighted by Gasteiger charge is 2.28. The molecule has 2 aromatic heterocycles. The van der Waals surface area contributed by atoms with Crippen LogP contribution >= 0.6 is 22.7 Å². The molecule has 0 unspecified atom stereocenters. The molecule has 0 fully saturated rings. The molecule has 0 spiro atoms. The molecule has 0 aliphatic carbocycles. The molecule has 6 rings (SSSR count). The van der Waals surface area contributed by atoms with Crippen molar-refractivity contribution in [1.82, 2.24) is 0 Å². The number of hydrogen-bond acceptors (Lipinski definition) is 10. The van der Waals surface area contributed by atoms with Crippen molar-refractivity contribution in [3.63, 3.8) is 0 Å². The number of fused-ring (bicyclic) bond motifs is 4. The Morgan fingerprint density at radius 2 is 1.10 bits per heavy atom. The first-order valence-corrected chi connectivity index (χ1v) is 17.3. The smallest absolute Gasteiger partial charge is 0.344 e. The fourth-order valence-corrected chi connectivity index (χ4v) is 7.42. The molecule has 246 valence electrons. The van der Waals surface area contributed by atoms with E-state index in [9.17, 15) is 19.2 Å². The summed E-state index contributed by atoms with van der Waals surface area (Å²) in [5.74, 6) is 0.340. The van der Waals surface area contributed by atoms with Crippen LogP contribution in [-0.4, -0.2) is 43.8 Å². The number of esters is 1. The summed E-state index contributed by atoms with van der Waals surface area (Å²) >= 11 is 3.01. The molecule has 0 bridgehead atoms. The second-order valence-corrected chi connectivity index (χ2v) is 14.0. The van der Waals surface area contributed by atoms with Gasteiger partial charge < -0.3 is 18.9 Å². The van der Waals surface area contributed by atoms with E-state index in [1.165, 1.54) is 22.7 Å². The number of ketones is 1. The van der Waals surface area contributed by atoms with Crippen molar-refractivity contribution < 1.29 is 28.5 Å². The van der Waals surface area contributed by atoms with Gasteiger partial charge in [0.15, 0.2) is 17.5 Å². The van der Waals surface area contributed by atoms with Crippen LogP contribution in [0, 0.1) is 0 Å². The zero-order chi connectivity index (χ0) is 33.7. The number of rotatable bonds is 14. The van der Waals surface area contributed by atoms with Gasteiger partial charge in [-0.1, -0.05) is 24.3 Å². The Labute approximate surface area is 284 Å². The molecule has 2 heterocycles. The third kappa shape index (κ3) is 7.57. The second-order valence-electron chi connectivity index (χ2n) is 11.8. The van der Waals surface area contributed by atoms with Crippen LogP contribution in [0.3, 0.4) is 0 Å². The lowest BCUT2D eigenvalue weighted by Crippen LogP contribution is -2.39. The molecule has 0 aliphatic rings. The van der Waals surface area contributed by atoms with Gasteiger partial charge in [-0.25, -0.2) is 4.79 Å². The lowest BCUT2D eigenvalue weighted by atomic mass is 10.0. The molecule has 6 aromatic rings. The number of unbranched alkanes of at least 4 members (excludes halogenated alkanes) is 2. The predicted molar refractivity (Wildman–Crippen MR) is 192 cm³/mol. The summed E-state index contributed by atoms with van der Waals surface area (Å²) in [5.41, 5.74) is -1.07. The average molecular weight is 683 g/mol. The number of benzene rings is 4. The summed E-state index contributed by atoms with van der Waals surface area (Å²) in [5, 5.41) is 2.63. The molecule has 0 saturated heterocycles. The van der Waals surface area contributed by atoms with Crippen molar-refractivity contribution in [1.29, 1.82) is 0 Å². The number of Topliss-reactive ketones (excluding diaryl/α,β-unsaturated/α-hetero) is 1. The quantitative estimate of drug-likeness (QED) is 0.0655. The van der Waals surface area contributed by atoms with Crippen molar-refractivity contribution in [3.8, 4) is 11.5 Å². The molecule has 0 amide bonds. The molecule has 4 aromatic carbocycles. The van der Waals surface area contributed by atoms with Crippen molar-refractivity contribution >= 4 is 74.8 Å². The molecule has 0 aliphatic heterocycles. The molecular formula is C38H34O8S2. The summed E-state index contributed by atoms with van der Waals surface area (Å²) in [6, 6.07) is 25.4. The van der Waals surface area contributed by atoms with Gasteiger partial charge in [0.2, 0.25) is 5.78 Å². The number of carbonyl (C=O) groups excluding carboxylic acids is 2. The first-order chi connectivity index (χ1) is 23.2. The summed E-state index contributed by atoms with van der Waals surface area (Å²) in [7, 11) is 0. The van der Waals surface area contributed by atoms with E-state index in [2.05, 4.69) is 0 Å². The van der Waals surface area contributed by atoms with Gasteiger partial charge in [-0.2, -0.15) is 0 Å². The molecule has 0 N–H and O–H groups in total. The van der Waals surface area contributed by atoms with E-state index >= 15 is 0 Å². The Kier molecular flexibility index (Phi) is 10.1. The first kappa shape index (κ1) is 33.3. The van der Waals surface area contributed by atoms with Crippen LogP contribution in [0.1, 0.15) is 33.1 Å². The standard InChI is InChI=1S/C38H34O8S2/c1-38(2,34(39)22-44-24-14-16-28-32(20-24)47-30-12-6-4-10-26(30)36(28)41)46-19-9-3-8-18-43-35(40)23-45-25-15-17-29-33(21-25)48-31-13-7-5-11-27(31)37(29)42/h4-7,10-17,20-21H,3,8-9,18-19,22-23H2,1-2H3. The van der Waals surface area contributed by atoms with E-state index in [4.69, 9.17) is 18.9 Å². The summed E-state index contributed by atoms with van der Waals surface area (Å²) in [6.07, 6.45) is 2.09. The van der Waals surface area contributed by atoms with Crippen LogP contribution in [-0.2, 0) is 19.1 Å². The van der Waals surface area contributed by atoms with E-state index in [1.807, 2.05) is 48.5 Å². The molecule has 0 atom stereocenters. The third-order valence-electron chi connectivity index (χ3n) is 8.01. The van der Waals surface area contributed by atoms with Gasteiger partial charge >= 0.3 is 5.97 Å². The fourth-order valence-electron chi connectivity index (χ4n) is 5.22. The van der Waals surface area contributed by atoms with Gasteiger partial charge in [-0.05, 0) is 93.8 Å². The van der Waals surface area contributed by atoms with Gasteiger partial charge in [-0.15, -0.1) is 22.7 Å². The lowest BCUT2D eigenvalue weighted by Gasteiger charge is -2.24. The maximum Gasteiger partial charge on any atom is 0.344 e. The highest BCUT2D eigenvalue weighted by Crippen LogP contribution is 2.29. The predicted octanol–water partition coefficient (Wildman–Crippen LogP) is 7.68. The summed E-state index contributed by atoms with van der Waals surface area (Å²) in [6.45, 7) is 3.67. The Bertz CT molecular complexity index is 2250. The first-order valence-electron chi connectivity index (χ1n) is 15.7. The lowest BCUT2D eigenvalue weighted by molar-refractivity contribution is -0.146. The monoisotopic (exact) mass is 682 g/mol. The van der Waals surface area contributed by atoms with Gasteiger partial charge in [0, 0.05) is 47.0 Å². The third-order valence-corrected chi connectivity index (χ3v) is 10.3. The fraction of sp³-hybridized carbons (Fsp3) is 0.263. The van der Waals surface area contributed by atoms with E-state index < -0.39 is 11.6 Å². The normalized spacial score (nSPS) is 11.7. The van der Waals surface area contributed by atoms with Crippen LogP contribution < -0.4 is 20.3 Å². The van der Waals surface area contributed by atoms with Crippen LogP contribution in [0.4, 0.5) is 0 Å². The summed E-state index contributed by atoms with van der Waals surface area (Å²) < 4.78 is 26.0. The zero-order valence-electron chi connectivity index (χ0n) is 26.6. The number of hydrogen-bond donors (Lipinski definition) is 0. The average Bonchev–Trinajstić information content (AvgIpc) is 3.09. The topological polar surface area (TPSA) is 105 Å². The Hall–Kier alpha value is -4.64. The summed E-state index contributed by atoms with van der Waals surface area (Å²) in [4.78, 5) is 50.7. The highest BCUT2D eigenvalue weighted by atomic mass is 32.1. The van der Waals surface area contributed by atoms with E-state index in [-0.39, 0.29) is 36.5 Å². The van der Waals surface area contributed by atoms with Crippen LogP contribution in [0.15, 0.2) is 94.5 Å². The minimum absolute atomic E-state index is 0.0171. The van der Waals surface area contributed by atoms with Gasteiger partial charge in [0.25, 0.3) is 0 Å². The zero-order valence-corrected chi connectivity index (χ0v) is 28.2. The number of carbonyl (C=O) groups is 2. The van der Waals surface area contributed by atoms with E-state index in [1.54, 1.807) is 50.2 Å². The molecule has 0 saturated carbocycles. The van der Waals surface area contributed by atoms with Gasteiger partial charge in [0.1, 0.15) is 23.7 Å². The van der Waals surface area contributed by atoms with Gasteiger partial charge in [0.05, 0.1) is 6.61 Å². The highest BCUT2D eigenvalue weighted by molar-refractivity contribution is 7.25. The van der Waals surface area contributed by atoms with Crippen molar-refractivity contribution in [2.75, 3.05) is 26.4 Å². The molecule has 0 radical (unpaired) electrons. The number of ether oxygens (including phenoxy) is 4. The maximum atomic E-state index is 12.9. The SMILES string of the molecule is CC(C)(OCCCCCOC(=O)COc1ccc2c(=O)c3ccccc3sc2c1)C(=O)COc1ccc2c(=O)c3ccccc3sc2c1. The van der Waals surface area contributed by atoms with Crippen LogP contribution in [0.2, 0.25) is 0 Å². The Balaban J connectivity index is 0.885. The maximum absolute atomic E-state index is 12.9. The minimum atomic E-state index is -1.03. The molecular weight excluding hydrogens is 649 g/mol. The second kappa shape index (κ2) is 14.6. The van der Waals surface area contributed by atoms with Gasteiger partial charge in [-0.3, -0.25) is 14.4 Å². The van der Waals surface area contributed by atoms with Crippen molar-refractivity contribution in [2.45, 2.75) is 38.7 Å². The molecule has 10 heteroatoms. The van der Waals surface area contributed by atoms with E-state index in [0.29, 0.717) is 52.5 Å². The minimum Gasteiger partial charge on any atom is -0.486 e.